The minimum atomic E-state index is -0.570. The van der Waals surface area contributed by atoms with Gasteiger partial charge in [-0.2, -0.15) is 0 Å². The minimum absolute atomic E-state index is 0.0538. The van der Waals surface area contributed by atoms with Crippen LogP contribution >= 0.6 is 0 Å². The van der Waals surface area contributed by atoms with Gasteiger partial charge in [-0.1, -0.05) is 30.3 Å². The van der Waals surface area contributed by atoms with E-state index in [1.54, 1.807) is 0 Å². The third-order valence-corrected chi connectivity index (χ3v) is 4.08. The van der Waals surface area contributed by atoms with Crippen LogP contribution in [0.2, 0.25) is 0 Å². The number of ether oxygens (including phenoxy) is 4. The lowest BCUT2D eigenvalue weighted by Crippen LogP contribution is -2.34. The van der Waals surface area contributed by atoms with Gasteiger partial charge >= 0.3 is 0 Å². The number of epoxide rings is 1. The first-order valence-corrected chi connectivity index (χ1v) is 7.81. The molecule has 2 saturated heterocycles. The van der Waals surface area contributed by atoms with Crippen LogP contribution in [0, 0.1) is 0 Å². The molecule has 0 spiro atoms. The molecule has 1 aromatic rings. The summed E-state index contributed by atoms with van der Waals surface area (Å²) in [4.78, 5) is 0. The van der Waals surface area contributed by atoms with Crippen LogP contribution in [0.1, 0.15) is 25.8 Å². The molecular weight excluding hydrogens is 284 g/mol. The van der Waals surface area contributed by atoms with E-state index < -0.39 is 5.79 Å². The lowest BCUT2D eigenvalue weighted by molar-refractivity contribution is -0.159. The van der Waals surface area contributed by atoms with Gasteiger partial charge in [0.25, 0.3) is 0 Å². The van der Waals surface area contributed by atoms with Crippen LogP contribution in [0.25, 0.3) is 0 Å². The zero-order valence-electron chi connectivity index (χ0n) is 13.1. The zero-order chi connectivity index (χ0) is 15.6. The normalized spacial score (nSPS) is 31.1. The molecule has 3 rings (SSSR count). The van der Waals surface area contributed by atoms with E-state index in [9.17, 15) is 0 Å². The van der Waals surface area contributed by atoms with Gasteiger partial charge in [0.05, 0.1) is 32.0 Å². The highest BCUT2D eigenvalue weighted by Crippen LogP contribution is 2.32. The van der Waals surface area contributed by atoms with Gasteiger partial charge in [0.15, 0.2) is 5.79 Å². The molecule has 1 N–H and O–H groups in total. The number of aliphatic hydroxyl groups is 1. The van der Waals surface area contributed by atoms with Crippen LogP contribution in [0.3, 0.4) is 0 Å². The Balaban J connectivity index is 1.59. The van der Waals surface area contributed by atoms with Crippen LogP contribution < -0.4 is 0 Å². The highest BCUT2D eigenvalue weighted by Gasteiger charge is 2.45. The lowest BCUT2D eigenvalue weighted by atomic mass is 10.1. The summed E-state index contributed by atoms with van der Waals surface area (Å²) >= 11 is 0. The number of benzene rings is 1. The summed E-state index contributed by atoms with van der Waals surface area (Å²) in [7, 11) is 0. The van der Waals surface area contributed by atoms with E-state index in [1.165, 1.54) is 0 Å². The van der Waals surface area contributed by atoms with Gasteiger partial charge in [0, 0.05) is 6.42 Å². The van der Waals surface area contributed by atoms with Gasteiger partial charge in [-0.05, 0) is 19.4 Å². The fourth-order valence-corrected chi connectivity index (χ4v) is 2.78. The fourth-order valence-electron chi connectivity index (χ4n) is 2.78. The van der Waals surface area contributed by atoms with E-state index >= 15 is 0 Å². The summed E-state index contributed by atoms with van der Waals surface area (Å²) in [5.74, 6) is -0.570. The number of hydrogen-bond acceptors (Lipinski definition) is 5. The maximum atomic E-state index is 9.12. The van der Waals surface area contributed by atoms with Crippen molar-refractivity contribution in [3.05, 3.63) is 35.9 Å². The van der Waals surface area contributed by atoms with Gasteiger partial charge in [-0.15, -0.1) is 0 Å². The number of hydrogen-bond donors (Lipinski definition) is 1. The van der Waals surface area contributed by atoms with Crippen molar-refractivity contribution in [1.29, 1.82) is 0 Å². The minimum Gasteiger partial charge on any atom is -0.394 e. The quantitative estimate of drug-likeness (QED) is 0.779. The molecule has 5 heteroatoms. The van der Waals surface area contributed by atoms with Crippen molar-refractivity contribution in [2.45, 2.75) is 57.1 Å². The summed E-state index contributed by atoms with van der Waals surface area (Å²) in [5, 5.41) is 9.12. The molecule has 0 aromatic heterocycles. The highest BCUT2D eigenvalue weighted by molar-refractivity contribution is 5.13. The molecule has 0 bridgehead atoms. The zero-order valence-corrected chi connectivity index (χ0v) is 13.1. The summed E-state index contributed by atoms with van der Waals surface area (Å²) in [5.41, 5.74) is 1.13. The molecule has 2 heterocycles. The largest absolute Gasteiger partial charge is 0.394 e. The number of rotatable bonds is 7. The Kier molecular flexibility index (Phi) is 4.80. The van der Waals surface area contributed by atoms with Crippen LogP contribution in [0.5, 0.6) is 0 Å². The van der Waals surface area contributed by atoms with Crippen molar-refractivity contribution in [2.75, 3.05) is 13.2 Å². The van der Waals surface area contributed by atoms with Crippen LogP contribution in [-0.2, 0) is 25.6 Å². The maximum Gasteiger partial charge on any atom is 0.163 e. The molecule has 0 saturated carbocycles. The first kappa shape index (κ1) is 15.9. The van der Waals surface area contributed by atoms with Crippen molar-refractivity contribution >= 4 is 0 Å². The molecule has 2 aliphatic rings. The molecule has 1 aromatic carbocycles. The van der Waals surface area contributed by atoms with Crippen molar-refractivity contribution < 1.29 is 24.1 Å². The predicted molar refractivity (Wildman–Crippen MR) is 80.3 cm³/mol. The Labute approximate surface area is 131 Å². The Bertz CT molecular complexity index is 475. The van der Waals surface area contributed by atoms with Gasteiger partial charge in [0.2, 0.25) is 0 Å². The average molecular weight is 308 g/mol. The lowest BCUT2D eigenvalue weighted by Gasteiger charge is -2.24. The molecule has 0 amide bonds. The summed E-state index contributed by atoms with van der Waals surface area (Å²) in [6.45, 7) is 4.92. The van der Waals surface area contributed by atoms with Crippen molar-refractivity contribution in [2.24, 2.45) is 0 Å². The second kappa shape index (κ2) is 6.64. The van der Waals surface area contributed by atoms with Crippen molar-refractivity contribution in [3.63, 3.8) is 0 Å². The highest BCUT2D eigenvalue weighted by atomic mass is 16.7. The summed E-state index contributed by atoms with van der Waals surface area (Å²) < 4.78 is 23.1. The standard InChI is InChI=1S/C17H24O5/c1-17(2)20-11-16(22-17)13(8-14-15(9-18)21-14)19-10-12-6-4-3-5-7-12/h3-7,13-16,18H,8-11H2,1-2H3/t13-,14+,15+,16+/m0/s1. The summed E-state index contributed by atoms with van der Waals surface area (Å²) in [6, 6.07) is 10.1. The molecule has 122 valence electrons. The maximum absolute atomic E-state index is 9.12. The van der Waals surface area contributed by atoms with Gasteiger partial charge in [0.1, 0.15) is 12.2 Å². The van der Waals surface area contributed by atoms with Gasteiger partial charge < -0.3 is 24.1 Å². The fraction of sp³-hybridized carbons (Fsp3) is 0.647. The second-order valence-electron chi connectivity index (χ2n) is 6.33. The first-order chi connectivity index (χ1) is 10.6. The smallest absolute Gasteiger partial charge is 0.163 e. The molecule has 0 aliphatic carbocycles. The summed E-state index contributed by atoms with van der Waals surface area (Å²) in [6.07, 6.45) is 0.490. The SMILES string of the molecule is CC1(C)OC[C@H]([C@H](C[C@H]2O[C@@H]2CO)OCc2ccccc2)O1. The molecule has 2 aliphatic heterocycles. The molecular formula is C17H24O5. The van der Waals surface area contributed by atoms with E-state index in [1.807, 2.05) is 44.2 Å². The van der Waals surface area contributed by atoms with Crippen LogP contribution in [-0.4, -0.2) is 48.5 Å². The third kappa shape index (κ3) is 4.06. The molecule has 5 nitrogen and oxygen atoms in total. The van der Waals surface area contributed by atoms with Crippen LogP contribution in [0.4, 0.5) is 0 Å². The second-order valence-corrected chi connectivity index (χ2v) is 6.33. The average Bonchev–Trinajstić information content (AvgIpc) is 3.18. The molecule has 0 radical (unpaired) electrons. The predicted octanol–water partition coefficient (Wildman–Crippen LogP) is 1.87. The molecule has 22 heavy (non-hydrogen) atoms. The third-order valence-electron chi connectivity index (χ3n) is 4.08. The molecule has 0 unspecified atom stereocenters. The Morgan fingerprint density at radius 3 is 2.64 bits per heavy atom. The molecule has 2 fully saturated rings. The monoisotopic (exact) mass is 308 g/mol. The van der Waals surface area contributed by atoms with Crippen molar-refractivity contribution in [3.8, 4) is 0 Å². The van der Waals surface area contributed by atoms with Gasteiger partial charge in [-0.25, -0.2) is 0 Å². The van der Waals surface area contributed by atoms with E-state index in [0.717, 1.165) is 5.56 Å². The number of aliphatic hydroxyl groups excluding tert-OH is 1. The first-order valence-electron chi connectivity index (χ1n) is 7.81. The molecule has 4 atom stereocenters. The topological polar surface area (TPSA) is 60.5 Å². The van der Waals surface area contributed by atoms with E-state index in [4.69, 9.17) is 24.1 Å². The van der Waals surface area contributed by atoms with Crippen LogP contribution in [0.15, 0.2) is 30.3 Å². The Morgan fingerprint density at radius 2 is 2.05 bits per heavy atom. The van der Waals surface area contributed by atoms with E-state index in [2.05, 4.69) is 0 Å². The van der Waals surface area contributed by atoms with Crippen molar-refractivity contribution in [1.82, 2.24) is 0 Å². The Hall–Kier alpha value is -0.980. The van der Waals surface area contributed by atoms with E-state index in [0.29, 0.717) is 19.6 Å². The van der Waals surface area contributed by atoms with Gasteiger partial charge in [-0.3, -0.25) is 0 Å². The van der Waals surface area contributed by atoms with E-state index in [-0.39, 0.29) is 31.0 Å². The Morgan fingerprint density at radius 1 is 1.27 bits per heavy atom.